The predicted octanol–water partition coefficient (Wildman–Crippen LogP) is 4.98. The van der Waals surface area contributed by atoms with E-state index in [1.807, 2.05) is 29.2 Å². The maximum absolute atomic E-state index is 14.3. The van der Waals surface area contributed by atoms with Gasteiger partial charge in [-0.1, -0.05) is 54.6 Å². The number of amides is 1. The molecule has 0 saturated carbocycles. The molecule has 2 aromatic rings. The minimum atomic E-state index is -3.58. The zero-order valence-electron chi connectivity index (χ0n) is 21.7. The van der Waals surface area contributed by atoms with E-state index in [-0.39, 0.29) is 16.8 Å². The lowest BCUT2D eigenvalue weighted by molar-refractivity contribution is -0.135. The molecule has 2 saturated heterocycles. The lowest BCUT2D eigenvalue weighted by atomic mass is 9.92. The Hall–Kier alpha value is -2.74. The standard InChI is InChI=1S/C30H39N3O3S/c1-3-13-28(26-16-12-17-27(23-26)37(35,36)32-21-10-11-22-32)30(34)33(18-4-2)29(24-31-19-8-9-20-31)25-14-6-5-7-15-25/h3-7,12,14-17,23,28-29H,1-2,8-11,13,18-22,24H2/t28?,29-/m1/s1. The molecule has 4 rings (SSSR count). The number of carbonyl (C=O) groups is 1. The van der Waals surface area contributed by atoms with Crippen LogP contribution in [0.3, 0.4) is 0 Å². The summed E-state index contributed by atoms with van der Waals surface area (Å²) in [5.41, 5.74) is 1.79. The molecule has 0 bridgehead atoms. The van der Waals surface area contributed by atoms with Crippen LogP contribution in [0.4, 0.5) is 0 Å². The van der Waals surface area contributed by atoms with E-state index in [2.05, 4.69) is 30.2 Å². The first kappa shape index (κ1) is 27.3. The summed E-state index contributed by atoms with van der Waals surface area (Å²) >= 11 is 0. The number of allylic oxidation sites excluding steroid dienone is 1. The first-order valence-corrected chi connectivity index (χ1v) is 14.8. The molecular formula is C30H39N3O3S. The summed E-state index contributed by atoms with van der Waals surface area (Å²) < 4.78 is 28.0. The van der Waals surface area contributed by atoms with Crippen LogP contribution < -0.4 is 0 Å². The van der Waals surface area contributed by atoms with Gasteiger partial charge in [-0.05, 0) is 68.5 Å². The van der Waals surface area contributed by atoms with Gasteiger partial charge in [0.2, 0.25) is 15.9 Å². The fourth-order valence-electron chi connectivity index (χ4n) is 5.49. The smallest absolute Gasteiger partial charge is 0.243 e. The average Bonchev–Trinajstić information content (AvgIpc) is 3.65. The van der Waals surface area contributed by atoms with Gasteiger partial charge in [0.05, 0.1) is 16.9 Å². The fourth-order valence-corrected chi connectivity index (χ4v) is 7.07. The molecule has 6 nitrogen and oxygen atoms in total. The summed E-state index contributed by atoms with van der Waals surface area (Å²) in [6.45, 7) is 12.2. The molecule has 198 valence electrons. The zero-order valence-corrected chi connectivity index (χ0v) is 22.5. The Balaban J connectivity index is 1.68. The van der Waals surface area contributed by atoms with Crippen molar-refractivity contribution < 1.29 is 13.2 Å². The number of likely N-dealkylation sites (tertiary alicyclic amines) is 1. The van der Waals surface area contributed by atoms with Crippen molar-refractivity contribution in [2.45, 2.75) is 49.0 Å². The largest absolute Gasteiger partial charge is 0.330 e. The molecule has 2 atom stereocenters. The van der Waals surface area contributed by atoms with Gasteiger partial charge in [-0.25, -0.2) is 8.42 Å². The predicted molar refractivity (Wildman–Crippen MR) is 149 cm³/mol. The molecule has 1 unspecified atom stereocenters. The molecule has 0 aromatic heterocycles. The zero-order chi connectivity index (χ0) is 26.3. The van der Waals surface area contributed by atoms with E-state index in [0.29, 0.717) is 31.6 Å². The fraction of sp³-hybridized carbons (Fsp3) is 0.433. The Morgan fingerprint density at radius 3 is 2.19 bits per heavy atom. The van der Waals surface area contributed by atoms with E-state index in [9.17, 15) is 13.2 Å². The van der Waals surface area contributed by atoms with Gasteiger partial charge < -0.3 is 9.80 Å². The molecule has 1 amide bonds. The van der Waals surface area contributed by atoms with Crippen LogP contribution in [0, 0.1) is 0 Å². The highest BCUT2D eigenvalue weighted by atomic mass is 32.2. The van der Waals surface area contributed by atoms with Crippen molar-refractivity contribution in [1.29, 1.82) is 0 Å². The van der Waals surface area contributed by atoms with Crippen molar-refractivity contribution in [1.82, 2.24) is 14.1 Å². The Bertz CT molecular complexity index is 1170. The van der Waals surface area contributed by atoms with Crippen molar-refractivity contribution in [3.05, 3.63) is 91.0 Å². The second kappa shape index (κ2) is 12.7. The summed E-state index contributed by atoms with van der Waals surface area (Å²) in [7, 11) is -3.58. The average molecular weight is 522 g/mol. The van der Waals surface area contributed by atoms with E-state index < -0.39 is 15.9 Å². The Labute approximate surface area is 222 Å². The molecule has 7 heteroatoms. The summed E-state index contributed by atoms with van der Waals surface area (Å²) in [5, 5.41) is 0. The molecule has 0 aliphatic carbocycles. The SMILES string of the molecule is C=CCC(C(=O)N(CC=C)[C@H](CN1CCCC1)c1ccccc1)c1cccc(S(=O)(=O)N2CCCC2)c1. The van der Waals surface area contributed by atoms with Crippen molar-refractivity contribution in [2.24, 2.45) is 0 Å². The number of benzene rings is 2. The van der Waals surface area contributed by atoms with Crippen LogP contribution in [0.5, 0.6) is 0 Å². The van der Waals surface area contributed by atoms with Gasteiger partial charge >= 0.3 is 0 Å². The third-order valence-corrected chi connectivity index (χ3v) is 9.36. The molecule has 2 aliphatic rings. The number of sulfonamides is 1. The topological polar surface area (TPSA) is 60.9 Å². The van der Waals surface area contributed by atoms with Gasteiger partial charge in [0.1, 0.15) is 0 Å². The van der Waals surface area contributed by atoms with Crippen molar-refractivity contribution in [3.63, 3.8) is 0 Å². The number of nitrogens with zero attached hydrogens (tertiary/aromatic N) is 3. The molecule has 0 radical (unpaired) electrons. The number of carbonyl (C=O) groups excluding carboxylic acids is 1. The first-order valence-electron chi connectivity index (χ1n) is 13.4. The van der Waals surface area contributed by atoms with Gasteiger partial charge in [0, 0.05) is 26.2 Å². The Morgan fingerprint density at radius 1 is 0.892 bits per heavy atom. The maximum atomic E-state index is 14.3. The number of rotatable bonds is 12. The van der Waals surface area contributed by atoms with Gasteiger partial charge in [-0.2, -0.15) is 4.31 Å². The molecule has 2 fully saturated rings. The molecule has 37 heavy (non-hydrogen) atoms. The normalized spacial score (nSPS) is 18.4. The third kappa shape index (κ3) is 6.40. The van der Waals surface area contributed by atoms with Crippen LogP contribution in [0.1, 0.15) is 55.2 Å². The van der Waals surface area contributed by atoms with Crippen LogP contribution in [0.15, 0.2) is 84.8 Å². The van der Waals surface area contributed by atoms with Gasteiger partial charge in [0.15, 0.2) is 0 Å². The molecule has 2 heterocycles. The van der Waals surface area contributed by atoms with Crippen molar-refractivity contribution >= 4 is 15.9 Å². The van der Waals surface area contributed by atoms with E-state index in [1.54, 1.807) is 34.7 Å². The van der Waals surface area contributed by atoms with Crippen molar-refractivity contribution in [2.75, 3.05) is 39.3 Å². The van der Waals surface area contributed by atoms with Crippen molar-refractivity contribution in [3.8, 4) is 0 Å². The summed E-state index contributed by atoms with van der Waals surface area (Å²) in [5.74, 6) is -0.570. The van der Waals surface area contributed by atoms with E-state index in [1.165, 1.54) is 12.8 Å². The van der Waals surface area contributed by atoms with E-state index in [0.717, 1.165) is 38.0 Å². The second-order valence-electron chi connectivity index (χ2n) is 9.97. The summed E-state index contributed by atoms with van der Waals surface area (Å²) in [4.78, 5) is 18.9. The van der Waals surface area contributed by atoms with Gasteiger partial charge in [0.25, 0.3) is 0 Å². The van der Waals surface area contributed by atoms with Crippen LogP contribution in [-0.2, 0) is 14.8 Å². The number of hydrogen-bond acceptors (Lipinski definition) is 4. The highest BCUT2D eigenvalue weighted by molar-refractivity contribution is 7.89. The maximum Gasteiger partial charge on any atom is 0.243 e. The first-order chi connectivity index (χ1) is 18.0. The minimum Gasteiger partial charge on any atom is -0.330 e. The highest BCUT2D eigenvalue weighted by Crippen LogP contribution is 2.32. The Morgan fingerprint density at radius 2 is 1.54 bits per heavy atom. The lowest BCUT2D eigenvalue weighted by Crippen LogP contribution is -2.43. The lowest BCUT2D eigenvalue weighted by Gasteiger charge is -2.36. The molecular weight excluding hydrogens is 482 g/mol. The third-order valence-electron chi connectivity index (χ3n) is 7.46. The van der Waals surface area contributed by atoms with Crippen LogP contribution in [0.25, 0.3) is 0 Å². The van der Waals surface area contributed by atoms with E-state index in [4.69, 9.17) is 0 Å². The molecule has 0 spiro atoms. The Kier molecular flexibility index (Phi) is 9.35. The monoisotopic (exact) mass is 521 g/mol. The molecule has 2 aliphatic heterocycles. The quantitative estimate of drug-likeness (QED) is 0.370. The second-order valence-corrected chi connectivity index (χ2v) is 11.9. The van der Waals surface area contributed by atoms with E-state index >= 15 is 0 Å². The van der Waals surface area contributed by atoms with Crippen LogP contribution in [-0.4, -0.2) is 67.7 Å². The van der Waals surface area contributed by atoms with Gasteiger partial charge in [-0.3, -0.25) is 4.79 Å². The molecule has 0 N–H and O–H groups in total. The highest BCUT2D eigenvalue weighted by Gasteiger charge is 2.33. The van der Waals surface area contributed by atoms with Crippen LogP contribution >= 0.6 is 0 Å². The number of hydrogen-bond donors (Lipinski definition) is 0. The van der Waals surface area contributed by atoms with Crippen LogP contribution in [0.2, 0.25) is 0 Å². The summed E-state index contributed by atoms with van der Waals surface area (Å²) in [6, 6.07) is 17.0. The molecule has 2 aromatic carbocycles. The van der Waals surface area contributed by atoms with Gasteiger partial charge in [-0.15, -0.1) is 13.2 Å². The minimum absolute atomic E-state index is 0.0384. The summed E-state index contributed by atoms with van der Waals surface area (Å²) in [6.07, 6.45) is 8.05.